The van der Waals surface area contributed by atoms with Crippen LogP contribution in [0.5, 0.6) is 0 Å². The van der Waals surface area contributed by atoms with Gasteiger partial charge in [0.1, 0.15) is 17.7 Å². The Morgan fingerprint density at radius 2 is 1.91 bits per heavy atom. The molecule has 1 aliphatic carbocycles. The smallest absolute Gasteiger partial charge is 0.407 e. The van der Waals surface area contributed by atoms with E-state index in [0.29, 0.717) is 31.4 Å². The standard InChI is InChI=1S/C23H32F2N4O4/c24-17-6-15(7-18(25)10-17)8-22(30)27-21-11-20(28-29-21)16-3-4-19(9-16)33-23(31)26-12-14-2-1-5-32-13-14/h6-7,10,14,16,19-21,28-29H,1-5,8-9,11-13H2,(H,26,31)(H,27,30)/t14?,16-,19+,20?,21?/m1/s1. The van der Waals surface area contributed by atoms with Crippen LogP contribution in [0.2, 0.25) is 0 Å². The van der Waals surface area contributed by atoms with Crippen LogP contribution in [0.15, 0.2) is 18.2 Å². The predicted octanol–water partition coefficient (Wildman–Crippen LogP) is 2.14. The minimum atomic E-state index is -0.701. The van der Waals surface area contributed by atoms with Gasteiger partial charge in [0.05, 0.1) is 19.2 Å². The number of amides is 2. The molecule has 2 amide bonds. The van der Waals surface area contributed by atoms with Crippen LogP contribution in [0.4, 0.5) is 13.6 Å². The molecule has 1 aromatic carbocycles. The van der Waals surface area contributed by atoms with Crippen molar-refractivity contribution in [1.82, 2.24) is 21.5 Å². The number of nitrogens with one attached hydrogen (secondary N) is 4. The summed E-state index contributed by atoms with van der Waals surface area (Å²) in [5.74, 6) is -1.04. The van der Waals surface area contributed by atoms with Crippen molar-refractivity contribution < 1.29 is 27.8 Å². The fourth-order valence-electron chi connectivity index (χ4n) is 4.96. The third-order valence-corrected chi connectivity index (χ3v) is 6.61. The van der Waals surface area contributed by atoms with Crippen LogP contribution in [0, 0.1) is 23.5 Å². The maximum Gasteiger partial charge on any atom is 0.407 e. The Bertz CT molecular complexity index is 816. The normalized spacial score (nSPS) is 29.6. The summed E-state index contributed by atoms with van der Waals surface area (Å²) in [4.78, 5) is 24.4. The van der Waals surface area contributed by atoms with Gasteiger partial charge in [0, 0.05) is 25.3 Å². The van der Waals surface area contributed by atoms with Crippen molar-refractivity contribution in [3.63, 3.8) is 0 Å². The lowest BCUT2D eigenvalue weighted by atomic mass is 9.96. The van der Waals surface area contributed by atoms with Crippen molar-refractivity contribution >= 4 is 12.0 Å². The van der Waals surface area contributed by atoms with Crippen molar-refractivity contribution in [2.75, 3.05) is 19.8 Å². The molecule has 8 nitrogen and oxygen atoms in total. The van der Waals surface area contributed by atoms with Crippen molar-refractivity contribution in [2.24, 2.45) is 11.8 Å². The molecule has 4 rings (SSSR count). The SMILES string of the molecule is O=C(Cc1cc(F)cc(F)c1)NC1CC([C@@H]2CC[C@H](OC(=O)NCC3CCCOC3)C2)NN1. The average Bonchev–Trinajstić information content (AvgIpc) is 3.41. The molecule has 182 valence electrons. The molecule has 0 radical (unpaired) electrons. The lowest BCUT2D eigenvalue weighted by Gasteiger charge is -2.22. The summed E-state index contributed by atoms with van der Waals surface area (Å²) in [6.45, 7) is 2.06. The summed E-state index contributed by atoms with van der Waals surface area (Å²) >= 11 is 0. The van der Waals surface area contributed by atoms with E-state index in [1.807, 2.05) is 0 Å². The Kier molecular flexibility index (Phi) is 8.11. The second kappa shape index (κ2) is 11.2. The van der Waals surface area contributed by atoms with E-state index >= 15 is 0 Å². The number of hydrogen-bond donors (Lipinski definition) is 4. The summed E-state index contributed by atoms with van der Waals surface area (Å²) in [5.41, 5.74) is 6.59. The molecule has 1 saturated carbocycles. The first kappa shape index (κ1) is 23.8. The lowest BCUT2D eigenvalue weighted by molar-refractivity contribution is -0.121. The van der Waals surface area contributed by atoms with Crippen molar-refractivity contribution in [1.29, 1.82) is 0 Å². The van der Waals surface area contributed by atoms with Gasteiger partial charge in [-0.25, -0.2) is 19.0 Å². The van der Waals surface area contributed by atoms with E-state index in [4.69, 9.17) is 9.47 Å². The number of benzene rings is 1. The zero-order valence-electron chi connectivity index (χ0n) is 18.6. The van der Waals surface area contributed by atoms with E-state index in [-0.39, 0.29) is 42.3 Å². The highest BCUT2D eigenvalue weighted by Crippen LogP contribution is 2.33. The second-order valence-corrected chi connectivity index (χ2v) is 9.27. The number of carbonyl (C=O) groups is 2. The summed E-state index contributed by atoms with van der Waals surface area (Å²) in [6.07, 6.45) is 4.40. The van der Waals surface area contributed by atoms with E-state index in [0.717, 1.165) is 56.9 Å². The van der Waals surface area contributed by atoms with Crippen LogP contribution in [0.1, 0.15) is 44.1 Å². The summed E-state index contributed by atoms with van der Waals surface area (Å²) in [5, 5.41) is 5.70. The first-order valence-electron chi connectivity index (χ1n) is 11.7. The highest BCUT2D eigenvalue weighted by atomic mass is 19.1. The number of hydrazine groups is 1. The molecule has 10 heteroatoms. The van der Waals surface area contributed by atoms with E-state index in [1.165, 1.54) is 0 Å². The second-order valence-electron chi connectivity index (χ2n) is 9.27. The van der Waals surface area contributed by atoms with Gasteiger partial charge in [-0.1, -0.05) is 0 Å². The molecule has 3 fully saturated rings. The molecule has 3 aliphatic rings. The van der Waals surface area contributed by atoms with Crippen molar-refractivity contribution in [3.8, 4) is 0 Å². The third kappa shape index (κ3) is 7.09. The van der Waals surface area contributed by atoms with E-state index < -0.39 is 11.6 Å². The molecule has 3 unspecified atom stereocenters. The van der Waals surface area contributed by atoms with Gasteiger partial charge in [-0.3, -0.25) is 10.2 Å². The molecular formula is C23H32F2N4O4. The average molecular weight is 467 g/mol. The quantitative estimate of drug-likeness (QED) is 0.491. The Morgan fingerprint density at radius 3 is 2.67 bits per heavy atom. The van der Waals surface area contributed by atoms with Crippen LogP contribution in [0.25, 0.3) is 0 Å². The monoisotopic (exact) mass is 466 g/mol. The fraction of sp³-hybridized carbons (Fsp3) is 0.652. The minimum Gasteiger partial charge on any atom is -0.446 e. The van der Waals surface area contributed by atoms with Crippen molar-refractivity contribution in [3.05, 3.63) is 35.4 Å². The first-order chi connectivity index (χ1) is 15.9. The zero-order valence-corrected chi connectivity index (χ0v) is 18.6. The summed E-state index contributed by atoms with van der Waals surface area (Å²) < 4.78 is 37.7. The molecule has 0 spiro atoms. The molecule has 4 N–H and O–H groups in total. The zero-order chi connectivity index (χ0) is 23.2. The van der Waals surface area contributed by atoms with Gasteiger partial charge in [-0.05, 0) is 68.1 Å². The Morgan fingerprint density at radius 1 is 1.09 bits per heavy atom. The van der Waals surface area contributed by atoms with Crippen LogP contribution in [-0.2, 0) is 20.7 Å². The fourth-order valence-corrected chi connectivity index (χ4v) is 4.96. The van der Waals surface area contributed by atoms with E-state index in [9.17, 15) is 18.4 Å². The van der Waals surface area contributed by atoms with Crippen LogP contribution < -0.4 is 21.5 Å². The molecule has 2 aliphatic heterocycles. The van der Waals surface area contributed by atoms with E-state index in [1.54, 1.807) is 0 Å². The van der Waals surface area contributed by atoms with Gasteiger partial charge in [-0.2, -0.15) is 0 Å². The van der Waals surface area contributed by atoms with Crippen LogP contribution in [0.3, 0.4) is 0 Å². The molecule has 0 bridgehead atoms. The molecule has 2 saturated heterocycles. The van der Waals surface area contributed by atoms with Crippen LogP contribution in [-0.4, -0.2) is 50.1 Å². The van der Waals surface area contributed by atoms with Gasteiger partial charge < -0.3 is 20.1 Å². The summed E-state index contributed by atoms with van der Waals surface area (Å²) in [6, 6.07) is 3.23. The highest BCUT2D eigenvalue weighted by molar-refractivity contribution is 5.78. The van der Waals surface area contributed by atoms with Gasteiger partial charge in [0.15, 0.2) is 0 Å². The van der Waals surface area contributed by atoms with Crippen molar-refractivity contribution in [2.45, 2.75) is 63.3 Å². The molecule has 33 heavy (non-hydrogen) atoms. The maximum atomic E-state index is 13.3. The third-order valence-electron chi connectivity index (χ3n) is 6.61. The molecule has 1 aromatic rings. The van der Waals surface area contributed by atoms with Crippen LogP contribution >= 0.6 is 0 Å². The molecular weight excluding hydrogens is 434 g/mol. The number of hydrogen-bond acceptors (Lipinski definition) is 6. The van der Waals surface area contributed by atoms with Gasteiger partial charge in [0.2, 0.25) is 5.91 Å². The largest absolute Gasteiger partial charge is 0.446 e. The lowest BCUT2D eigenvalue weighted by Crippen LogP contribution is -2.45. The minimum absolute atomic E-state index is 0.0983. The van der Waals surface area contributed by atoms with E-state index in [2.05, 4.69) is 21.5 Å². The number of alkyl carbamates (subject to hydrolysis) is 1. The van der Waals surface area contributed by atoms with Gasteiger partial charge in [-0.15, -0.1) is 0 Å². The Balaban J connectivity index is 1.15. The molecule has 5 atom stereocenters. The Labute approximate surface area is 192 Å². The number of ether oxygens (including phenoxy) is 2. The maximum absolute atomic E-state index is 13.3. The first-order valence-corrected chi connectivity index (χ1v) is 11.7. The van der Waals surface area contributed by atoms with Gasteiger partial charge in [0.25, 0.3) is 0 Å². The molecule has 2 heterocycles. The number of carbonyl (C=O) groups excluding carboxylic acids is 2. The predicted molar refractivity (Wildman–Crippen MR) is 116 cm³/mol. The Hall–Kier alpha value is -2.30. The number of rotatable bonds is 7. The molecule has 0 aromatic heterocycles. The summed E-state index contributed by atoms with van der Waals surface area (Å²) in [7, 11) is 0. The number of halogens is 2. The highest BCUT2D eigenvalue weighted by Gasteiger charge is 2.37. The topological polar surface area (TPSA) is 101 Å². The van der Waals surface area contributed by atoms with Gasteiger partial charge >= 0.3 is 6.09 Å².